The molecule has 3 rings (SSSR count). The summed E-state index contributed by atoms with van der Waals surface area (Å²) < 4.78 is 38.4. The van der Waals surface area contributed by atoms with Gasteiger partial charge in [-0.2, -0.15) is 13.2 Å². The van der Waals surface area contributed by atoms with Gasteiger partial charge in [-0.1, -0.05) is 6.07 Å². The quantitative estimate of drug-likeness (QED) is 0.716. The van der Waals surface area contributed by atoms with Crippen molar-refractivity contribution in [2.75, 3.05) is 22.5 Å². The zero-order valence-electron chi connectivity index (χ0n) is 13.1. The number of amides is 1. The Balaban J connectivity index is 1.81. The van der Waals surface area contributed by atoms with Crippen molar-refractivity contribution in [2.24, 2.45) is 0 Å². The number of carboxylic acid groups (broad SMARTS) is 1. The highest BCUT2D eigenvalue weighted by atomic mass is 19.4. The number of nitrogen functional groups attached to an aromatic ring is 1. The molecule has 1 aliphatic rings. The Labute approximate surface area is 141 Å². The van der Waals surface area contributed by atoms with Crippen molar-refractivity contribution in [1.82, 2.24) is 0 Å². The largest absolute Gasteiger partial charge is 0.465 e. The lowest BCUT2D eigenvalue weighted by Crippen LogP contribution is -2.30. The minimum Gasteiger partial charge on any atom is -0.465 e. The molecular formula is C17H16F3N3O2. The van der Waals surface area contributed by atoms with Crippen molar-refractivity contribution in [1.29, 1.82) is 0 Å². The van der Waals surface area contributed by atoms with Gasteiger partial charge in [0.15, 0.2) is 0 Å². The molecule has 1 amide bonds. The van der Waals surface area contributed by atoms with Crippen molar-refractivity contribution in [3.8, 4) is 0 Å². The van der Waals surface area contributed by atoms with E-state index < -0.39 is 17.8 Å². The van der Waals surface area contributed by atoms with Gasteiger partial charge in [-0.05, 0) is 47.9 Å². The Morgan fingerprint density at radius 3 is 2.56 bits per heavy atom. The molecule has 25 heavy (non-hydrogen) atoms. The monoisotopic (exact) mass is 351 g/mol. The van der Waals surface area contributed by atoms with Gasteiger partial charge >= 0.3 is 12.3 Å². The van der Waals surface area contributed by atoms with Crippen molar-refractivity contribution < 1.29 is 23.1 Å². The summed E-state index contributed by atoms with van der Waals surface area (Å²) in [5.41, 5.74) is 8.14. The fraction of sp³-hybridized carbons (Fsp3) is 0.235. The van der Waals surface area contributed by atoms with E-state index >= 15 is 0 Å². The van der Waals surface area contributed by atoms with Gasteiger partial charge in [0.25, 0.3) is 0 Å². The lowest BCUT2D eigenvalue weighted by atomic mass is 9.96. The average Bonchev–Trinajstić information content (AvgIpc) is 2.54. The van der Waals surface area contributed by atoms with E-state index in [0.29, 0.717) is 30.8 Å². The topological polar surface area (TPSA) is 78.6 Å². The number of alkyl halides is 3. The summed E-state index contributed by atoms with van der Waals surface area (Å²) in [4.78, 5) is 12.7. The fourth-order valence-corrected chi connectivity index (χ4v) is 2.93. The lowest BCUT2D eigenvalue weighted by molar-refractivity contribution is -0.137. The highest BCUT2D eigenvalue weighted by molar-refractivity contribution is 5.88. The zero-order valence-corrected chi connectivity index (χ0v) is 13.1. The van der Waals surface area contributed by atoms with E-state index in [4.69, 9.17) is 10.8 Å². The molecule has 1 aliphatic heterocycles. The second kappa shape index (κ2) is 6.19. The van der Waals surface area contributed by atoms with E-state index in [1.54, 1.807) is 18.2 Å². The molecule has 0 saturated heterocycles. The molecule has 1 heterocycles. The number of nitrogens with two attached hydrogens (primary N) is 1. The molecule has 8 heteroatoms. The maximum atomic E-state index is 12.8. The molecule has 132 valence electrons. The van der Waals surface area contributed by atoms with Gasteiger partial charge in [0.05, 0.1) is 16.9 Å². The summed E-state index contributed by atoms with van der Waals surface area (Å²) in [6, 6.07) is 8.77. The van der Waals surface area contributed by atoms with Crippen LogP contribution in [0.5, 0.6) is 0 Å². The number of nitrogens with zero attached hydrogens (tertiary/aromatic N) is 1. The Hall–Kier alpha value is -2.90. The summed E-state index contributed by atoms with van der Waals surface area (Å²) in [7, 11) is 0. The van der Waals surface area contributed by atoms with Gasteiger partial charge in [0.2, 0.25) is 0 Å². The van der Waals surface area contributed by atoms with Crippen LogP contribution in [0.3, 0.4) is 0 Å². The van der Waals surface area contributed by atoms with Crippen LogP contribution < -0.4 is 16.0 Å². The molecular weight excluding hydrogens is 335 g/mol. The summed E-state index contributed by atoms with van der Waals surface area (Å²) in [5, 5.41) is 10.9. The molecule has 0 radical (unpaired) electrons. The number of benzene rings is 2. The Bertz CT molecular complexity index is 821. The fourth-order valence-electron chi connectivity index (χ4n) is 2.93. The van der Waals surface area contributed by atoms with Gasteiger partial charge in [0.1, 0.15) is 0 Å². The van der Waals surface area contributed by atoms with E-state index in [1.165, 1.54) is 12.1 Å². The third kappa shape index (κ3) is 3.62. The van der Waals surface area contributed by atoms with Gasteiger partial charge < -0.3 is 15.7 Å². The highest BCUT2D eigenvalue weighted by Crippen LogP contribution is 2.34. The Morgan fingerprint density at radius 1 is 1.16 bits per heavy atom. The van der Waals surface area contributed by atoms with Crippen LogP contribution in [0.25, 0.3) is 0 Å². The molecule has 0 atom stereocenters. The summed E-state index contributed by atoms with van der Waals surface area (Å²) in [6.45, 7) is 1.03. The van der Waals surface area contributed by atoms with Crippen LogP contribution in [0.2, 0.25) is 0 Å². The number of nitrogens with one attached hydrogen (secondary N) is 1. The molecule has 5 nitrogen and oxygen atoms in total. The first-order valence-electron chi connectivity index (χ1n) is 7.57. The average molecular weight is 351 g/mol. The smallest absolute Gasteiger partial charge is 0.416 e. The normalized spacial score (nSPS) is 14.1. The third-order valence-corrected chi connectivity index (χ3v) is 4.19. The number of anilines is 3. The van der Waals surface area contributed by atoms with Gasteiger partial charge in [-0.15, -0.1) is 0 Å². The van der Waals surface area contributed by atoms with Crippen molar-refractivity contribution in [2.45, 2.75) is 19.1 Å². The number of halogens is 3. The predicted octanol–water partition coefficient (Wildman–Crippen LogP) is 3.94. The van der Waals surface area contributed by atoms with E-state index in [2.05, 4.69) is 5.32 Å². The second-order valence-electron chi connectivity index (χ2n) is 5.85. The first-order chi connectivity index (χ1) is 11.7. The predicted molar refractivity (Wildman–Crippen MR) is 88.7 cm³/mol. The Morgan fingerprint density at radius 2 is 1.92 bits per heavy atom. The molecule has 0 spiro atoms. The van der Waals surface area contributed by atoms with Crippen LogP contribution in [-0.4, -0.2) is 17.7 Å². The van der Waals surface area contributed by atoms with Gasteiger partial charge in [-0.25, -0.2) is 4.79 Å². The molecule has 0 saturated carbocycles. The number of fused-ring (bicyclic) bond motifs is 1. The molecule has 2 aromatic carbocycles. The minimum absolute atomic E-state index is 0.290. The van der Waals surface area contributed by atoms with Crippen molar-refractivity contribution in [3.63, 3.8) is 0 Å². The van der Waals surface area contributed by atoms with Gasteiger partial charge in [-0.3, -0.25) is 5.32 Å². The molecule has 4 N–H and O–H groups in total. The number of hydrogen-bond donors (Lipinski definition) is 3. The van der Waals surface area contributed by atoms with Crippen LogP contribution in [0.15, 0.2) is 36.4 Å². The Kier molecular flexibility index (Phi) is 4.20. The molecule has 0 aliphatic carbocycles. The third-order valence-electron chi connectivity index (χ3n) is 4.19. The van der Waals surface area contributed by atoms with E-state index in [1.807, 2.05) is 4.90 Å². The zero-order chi connectivity index (χ0) is 18.2. The summed E-state index contributed by atoms with van der Waals surface area (Å²) in [6.07, 6.45) is -5.05. The molecule has 0 bridgehead atoms. The summed E-state index contributed by atoms with van der Waals surface area (Å²) in [5.74, 6) is 0. The van der Waals surface area contributed by atoms with E-state index in [-0.39, 0.29) is 5.69 Å². The molecule has 0 unspecified atom stereocenters. The van der Waals surface area contributed by atoms with Crippen LogP contribution in [-0.2, 0) is 19.1 Å². The van der Waals surface area contributed by atoms with Crippen molar-refractivity contribution >= 4 is 23.2 Å². The lowest BCUT2D eigenvalue weighted by Gasteiger charge is -2.31. The van der Waals surface area contributed by atoms with Crippen LogP contribution in [0.4, 0.5) is 35.0 Å². The van der Waals surface area contributed by atoms with Crippen LogP contribution >= 0.6 is 0 Å². The first-order valence-corrected chi connectivity index (χ1v) is 7.57. The molecule has 0 fully saturated rings. The maximum absolute atomic E-state index is 12.8. The highest BCUT2D eigenvalue weighted by Gasteiger charge is 2.31. The minimum atomic E-state index is -4.34. The first kappa shape index (κ1) is 16.9. The second-order valence-corrected chi connectivity index (χ2v) is 5.85. The number of rotatable bonds is 2. The number of carbonyl (C=O) groups is 1. The van der Waals surface area contributed by atoms with E-state index in [0.717, 1.165) is 17.3 Å². The maximum Gasteiger partial charge on any atom is 0.416 e. The van der Waals surface area contributed by atoms with Gasteiger partial charge in [0, 0.05) is 18.8 Å². The molecule has 0 aromatic heterocycles. The van der Waals surface area contributed by atoms with Crippen LogP contribution in [0, 0.1) is 0 Å². The SMILES string of the molecule is Nc1cc(N2CCc3cc(C(F)(F)F)ccc3C2)ccc1NC(=O)O. The van der Waals surface area contributed by atoms with E-state index in [9.17, 15) is 18.0 Å². The standard InChI is InChI=1S/C17H16F3N3O2/c18-17(19,20)12-2-1-11-9-23(6-5-10(11)7-12)13-3-4-15(14(21)8-13)22-16(24)25/h1-4,7-8,22H,5-6,9,21H2,(H,24,25). The molecule has 2 aromatic rings. The van der Waals surface area contributed by atoms with Crippen LogP contribution in [0.1, 0.15) is 16.7 Å². The summed E-state index contributed by atoms with van der Waals surface area (Å²) >= 11 is 0. The van der Waals surface area contributed by atoms with Crippen molar-refractivity contribution in [3.05, 3.63) is 53.1 Å². The number of hydrogen-bond acceptors (Lipinski definition) is 3.